The van der Waals surface area contributed by atoms with Gasteiger partial charge in [-0.15, -0.1) is 0 Å². The third-order valence-corrected chi connectivity index (χ3v) is 4.30. The summed E-state index contributed by atoms with van der Waals surface area (Å²) in [4.78, 5) is 25.2. The first kappa shape index (κ1) is 17.2. The number of carbonyl (C=O) groups excluding carboxylic acids is 1. The summed E-state index contributed by atoms with van der Waals surface area (Å²) in [5.74, 6) is 0.703. The zero-order valence-electron chi connectivity index (χ0n) is 14.7. The summed E-state index contributed by atoms with van der Waals surface area (Å²) in [6.45, 7) is 5.93. The Bertz CT molecular complexity index is 693. The number of rotatable bonds is 4. The molecule has 0 spiro atoms. The predicted molar refractivity (Wildman–Crippen MR) is 100 cm³/mol. The molecule has 0 atom stereocenters. The minimum Gasteiger partial charge on any atom is -0.338 e. The number of anilines is 3. The van der Waals surface area contributed by atoms with Crippen LogP contribution in [0.2, 0.25) is 0 Å². The van der Waals surface area contributed by atoms with Crippen LogP contribution >= 0.6 is 0 Å². The van der Waals surface area contributed by atoms with Crippen molar-refractivity contribution < 1.29 is 4.79 Å². The smallest absolute Gasteiger partial charge is 0.323 e. The minimum absolute atomic E-state index is 0.305. The van der Waals surface area contributed by atoms with Crippen molar-refractivity contribution in [2.45, 2.75) is 13.3 Å². The predicted octanol–water partition coefficient (Wildman–Crippen LogP) is 2.43. The first-order valence-electron chi connectivity index (χ1n) is 8.56. The van der Waals surface area contributed by atoms with Gasteiger partial charge in [-0.2, -0.15) is 0 Å². The maximum Gasteiger partial charge on any atom is 0.323 e. The Morgan fingerprint density at radius 1 is 1.00 bits per heavy atom. The van der Waals surface area contributed by atoms with Crippen molar-refractivity contribution >= 4 is 23.4 Å². The van der Waals surface area contributed by atoms with Crippen molar-refractivity contribution in [1.82, 2.24) is 14.9 Å². The van der Waals surface area contributed by atoms with Gasteiger partial charge in [0.2, 0.25) is 5.95 Å². The first-order valence-corrected chi connectivity index (χ1v) is 8.56. The lowest BCUT2D eigenvalue weighted by molar-refractivity contribution is 0.262. The van der Waals surface area contributed by atoms with Crippen molar-refractivity contribution in [1.29, 1.82) is 0 Å². The van der Waals surface area contributed by atoms with E-state index < -0.39 is 0 Å². The Hall–Kier alpha value is -2.67. The Morgan fingerprint density at radius 2 is 1.60 bits per heavy atom. The van der Waals surface area contributed by atoms with E-state index in [1.165, 1.54) is 5.56 Å². The van der Waals surface area contributed by atoms with Crippen molar-refractivity contribution in [3.05, 3.63) is 42.2 Å². The van der Waals surface area contributed by atoms with Crippen LogP contribution in [0.15, 0.2) is 36.7 Å². The molecular formula is C18H24N6O. The normalized spacial score (nSPS) is 15.0. The highest BCUT2D eigenvalue weighted by Crippen LogP contribution is 2.14. The van der Waals surface area contributed by atoms with Gasteiger partial charge in [0.15, 0.2) is 0 Å². The van der Waals surface area contributed by atoms with Gasteiger partial charge in [-0.05, 0) is 31.2 Å². The van der Waals surface area contributed by atoms with E-state index >= 15 is 0 Å². The van der Waals surface area contributed by atoms with Crippen LogP contribution in [0.4, 0.5) is 22.1 Å². The second kappa shape index (κ2) is 7.94. The van der Waals surface area contributed by atoms with Gasteiger partial charge in [0.05, 0.1) is 18.1 Å². The Labute approximate surface area is 148 Å². The Balaban J connectivity index is 1.54. The first-order chi connectivity index (χ1) is 12.1. The van der Waals surface area contributed by atoms with Crippen LogP contribution in [0, 0.1) is 0 Å². The number of nitrogens with zero attached hydrogens (tertiary/aromatic N) is 4. The van der Waals surface area contributed by atoms with Crippen molar-refractivity contribution in [3.63, 3.8) is 0 Å². The lowest BCUT2D eigenvalue weighted by Gasteiger charge is -2.32. The molecule has 0 unspecified atom stereocenters. The SMILES string of the molecule is CCc1ccc(NC(=O)Nc2cnc(N3CCN(C)CC3)nc2)cc1. The van der Waals surface area contributed by atoms with Gasteiger partial charge in [-0.1, -0.05) is 19.1 Å². The number of piperazine rings is 1. The third kappa shape index (κ3) is 4.67. The van der Waals surface area contributed by atoms with Crippen LogP contribution in [-0.4, -0.2) is 54.1 Å². The molecule has 25 heavy (non-hydrogen) atoms. The molecule has 7 heteroatoms. The molecule has 0 aliphatic carbocycles. The van der Waals surface area contributed by atoms with Gasteiger partial charge in [0.1, 0.15) is 0 Å². The summed E-state index contributed by atoms with van der Waals surface area (Å²) in [5, 5.41) is 5.56. The minimum atomic E-state index is -0.305. The summed E-state index contributed by atoms with van der Waals surface area (Å²) in [6.07, 6.45) is 4.25. The lowest BCUT2D eigenvalue weighted by Crippen LogP contribution is -2.45. The van der Waals surface area contributed by atoms with Gasteiger partial charge in [-0.3, -0.25) is 0 Å². The molecule has 132 valence electrons. The van der Waals surface area contributed by atoms with Crippen LogP contribution in [-0.2, 0) is 6.42 Å². The maximum atomic E-state index is 12.1. The topological polar surface area (TPSA) is 73.4 Å². The van der Waals surface area contributed by atoms with Crippen LogP contribution in [0.1, 0.15) is 12.5 Å². The van der Waals surface area contributed by atoms with E-state index in [1.807, 2.05) is 24.3 Å². The average Bonchev–Trinajstić information content (AvgIpc) is 2.64. The molecule has 3 rings (SSSR count). The highest BCUT2D eigenvalue weighted by atomic mass is 16.2. The molecule has 1 aromatic heterocycles. The molecule has 1 aliphatic rings. The number of benzene rings is 1. The highest BCUT2D eigenvalue weighted by molar-refractivity contribution is 5.99. The summed E-state index contributed by atoms with van der Waals surface area (Å²) >= 11 is 0. The van der Waals surface area contributed by atoms with Crippen LogP contribution < -0.4 is 15.5 Å². The zero-order valence-corrected chi connectivity index (χ0v) is 14.7. The van der Waals surface area contributed by atoms with Crippen LogP contribution in [0.3, 0.4) is 0 Å². The van der Waals surface area contributed by atoms with Crippen molar-refractivity contribution in [3.8, 4) is 0 Å². The van der Waals surface area contributed by atoms with Crippen molar-refractivity contribution in [2.24, 2.45) is 0 Å². The molecule has 2 N–H and O–H groups in total. The largest absolute Gasteiger partial charge is 0.338 e. The molecular weight excluding hydrogens is 316 g/mol. The van der Waals surface area contributed by atoms with Gasteiger partial charge in [-0.25, -0.2) is 14.8 Å². The average molecular weight is 340 g/mol. The van der Waals surface area contributed by atoms with E-state index in [0.29, 0.717) is 11.6 Å². The summed E-state index contributed by atoms with van der Waals surface area (Å²) in [7, 11) is 2.11. The molecule has 0 saturated carbocycles. The Kier molecular flexibility index (Phi) is 5.45. The fourth-order valence-electron chi connectivity index (χ4n) is 2.67. The van der Waals surface area contributed by atoms with Gasteiger partial charge >= 0.3 is 6.03 Å². The number of amides is 2. The number of carbonyl (C=O) groups is 1. The number of hydrogen-bond acceptors (Lipinski definition) is 5. The second-order valence-corrected chi connectivity index (χ2v) is 6.19. The molecule has 0 radical (unpaired) electrons. The van der Waals surface area contributed by atoms with E-state index in [-0.39, 0.29) is 6.03 Å². The van der Waals surface area contributed by atoms with E-state index in [1.54, 1.807) is 12.4 Å². The number of urea groups is 1. The van der Waals surface area contributed by atoms with E-state index in [2.05, 4.69) is 44.4 Å². The number of aromatic nitrogens is 2. The number of hydrogen-bond donors (Lipinski definition) is 2. The molecule has 1 aromatic carbocycles. The molecule has 2 aromatic rings. The number of nitrogens with one attached hydrogen (secondary N) is 2. The second-order valence-electron chi connectivity index (χ2n) is 6.19. The molecule has 1 aliphatic heterocycles. The fourth-order valence-corrected chi connectivity index (χ4v) is 2.67. The van der Waals surface area contributed by atoms with E-state index in [9.17, 15) is 4.79 Å². The van der Waals surface area contributed by atoms with Crippen LogP contribution in [0.25, 0.3) is 0 Å². The van der Waals surface area contributed by atoms with Gasteiger partial charge in [0.25, 0.3) is 0 Å². The zero-order chi connectivity index (χ0) is 17.6. The molecule has 1 saturated heterocycles. The molecule has 2 heterocycles. The lowest BCUT2D eigenvalue weighted by atomic mass is 10.1. The molecule has 1 fully saturated rings. The Morgan fingerprint density at radius 3 is 2.20 bits per heavy atom. The standard InChI is InChI=1S/C18H24N6O/c1-3-14-4-6-15(7-5-14)21-18(25)22-16-12-19-17(20-13-16)24-10-8-23(2)9-11-24/h4-7,12-13H,3,8-11H2,1-2H3,(H2,21,22,25). The van der Waals surface area contributed by atoms with Gasteiger partial charge in [0, 0.05) is 31.9 Å². The number of likely N-dealkylation sites (N-methyl/N-ethyl adjacent to an activating group) is 1. The third-order valence-electron chi connectivity index (χ3n) is 4.30. The summed E-state index contributed by atoms with van der Waals surface area (Å²) in [5.41, 5.74) is 2.56. The molecule has 2 amide bonds. The van der Waals surface area contributed by atoms with E-state index in [0.717, 1.165) is 38.3 Å². The molecule has 0 bridgehead atoms. The maximum absolute atomic E-state index is 12.1. The van der Waals surface area contributed by atoms with E-state index in [4.69, 9.17) is 0 Å². The van der Waals surface area contributed by atoms with Crippen molar-refractivity contribution in [2.75, 3.05) is 48.8 Å². The highest BCUT2D eigenvalue weighted by Gasteiger charge is 2.16. The van der Waals surface area contributed by atoms with Crippen LogP contribution in [0.5, 0.6) is 0 Å². The fraction of sp³-hybridized carbons (Fsp3) is 0.389. The quantitative estimate of drug-likeness (QED) is 0.894. The number of aryl methyl sites for hydroxylation is 1. The summed E-state index contributed by atoms with van der Waals surface area (Å²) < 4.78 is 0. The monoisotopic (exact) mass is 340 g/mol. The summed E-state index contributed by atoms with van der Waals surface area (Å²) in [6, 6.07) is 7.49. The molecule has 7 nitrogen and oxygen atoms in total. The van der Waals surface area contributed by atoms with Gasteiger partial charge < -0.3 is 20.4 Å².